The number of aliphatic hydroxyl groups is 1. The van der Waals surface area contributed by atoms with Gasteiger partial charge in [-0.05, 0) is 46.7 Å². The molecule has 0 amide bonds. The van der Waals surface area contributed by atoms with Gasteiger partial charge in [-0.15, -0.1) is 0 Å². The molecule has 0 saturated carbocycles. The van der Waals surface area contributed by atoms with Crippen molar-refractivity contribution in [2.45, 2.75) is 45.6 Å². The third-order valence-corrected chi connectivity index (χ3v) is 2.27. The van der Waals surface area contributed by atoms with Gasteiger partial charge in [0.25, 0.3) is 6.47 Å². The molecule has 1 fully saturated rings. The molecule has 0 bridgehead atoms. The van der Waals surface area contributed by atoms with Gasteiger partial charge in [0.1, 0.15) is 5.60 Å². The Morgan fingerprint density at radius 3 is 2.12 bits per heavy atom. The molecule has 4 nitrogen and oxygen atoms in total. The summed E-state index contributed by atoms with van der Waals surface area (Å²) in [6.07, 6.45) is 4.02. The van der Waals surface area contributed by atoms with Crippen molar-refractivity contribution >= 4 is 6.47 Å². The Morgan fingerprint density at radius 1 is 1.25 bits per heavy atom. The summed E-state index contributed by atoms with van der Waals surface area (Å²) in [6.45, 7) is 9.51. The summed E-state index contributed by atoms with van der Waals surface area (Å²) in [5.74, 6) is 0. The molecule has 0 aromatic rings. The van der Waals surface area contributed by atoms with Crippen LogP contribution >= 0.6 is 0 Å². The molecule has 0 spiro atoms. The van der Waals surface area contributed by atoms with Crippen molar-refractivity contribution in [2.24, 2.45) is 0 Å². The average Bonchev–Trinajstić information content (AvgIpc) is 2.19. The van der Waals surface area contributed by atoms with Crippen molar-refractivity contribution in [1.29, 1.82) is 0 Å². The highest BCUT2D eigenvalue weighted by Crippen LogP contribution is 2.06. The van der Waals surface area contributed by atoms with E-state index in [0.29, 0.717) is 13.1 Å². The Morgan fingerprint density at radius 2 is 1.81 bits per heavy atom. The second-order valence-electron chi connectivity index (χ2n) is 4.95. The molecule has 96 valence electrons. The molecule has 0 unspecified atom stereocenters. The van der Waals surface area contributed by atoms with Gasteiger partial charge in [-0.3, -0.25) is 4.79 Å². The molecule has 1 aliphatic heterocycles. The van der Waals surface area contributed by atoms with E-state index in [1.165, 1.54) is 32.4 Å². The maximum atomic E-state index is 9.60. The molecule has 4 heteroatoms. The first-order valence-electron chi connectivity index (χ1n) is 5.94. The van der Waals surface area contributed by atoms with Crippen LogP contribution in [-0.4, -0.2) is 48.3 Å². The lowest BCUT2D eigenvalue weighted by Crippen LogP contribution is -2.31. The average molecular weight is 231 g/mol. The molecule has 0 aliphatic carbocycles. The second-order valence-corrected chi connectivity index (χ2v) is 4.95. The summed E-state index contributed by atoms with van der Waals surface area (Å²) in [5, 5.41) is 8.58. The van der Waals surface area contributed by atoms with Gasteiger partial charge in [0.2, 0.25) is 0 Å². The fourth-order valence-electron chi connectivity index (χ4n) is 1.47. The number of ether oxygens (including phenoxy) is 1. The topological polar surface area (TPSA) is 49.8 Å². The minimum atomic E-state index is -0.318. The number of rotatable bonds is 3. The van der Waals surface area contributed by atoms with E-state index in [2.05, 4.69) is 9.64 Å². The number of hydrogen-bond donors (Lipinski definition) is 1. The van der Waals surface area contributed by atoms with E-state index >= 15 is 0 Å². The Kier molecular flexibility index (Phi) is 8.21. The first kappa shape index (κ1) is 15.4. The molecule has 1 N–H and O–H groups in total. The maximum absolute atomic E-state index is 9.60. The van der Waals surface area contributed by atoms with Crippen LogP contribution in [-0.2, 0) is 9.53 Å². The molecule has 16 heavy (non-hydrogen) atoms. The second kappa shape index (κ2) is 8.53. The van der Waals surface area contributed by atoms with Gasteiger partial charge < -0.3 is 14.7 Å². The van der Waals surface area contributed by atoms with Crippen molar-refractivity contribution in [3.63, 3.8) is 0 Å². The molecule has 1 rings (SSSR count). The summed E-state index contributed by atoms with van der Waals surface area (Å²) in [5.41, 5.74) is -0.318. The Labute approximate surface area is 98.6 Å². The van der Waals surface area contributed by atoms with E-state index in [4.69, 9.17) is 5.11 Å². The zero-order valence-corrected chi connectivity index (χ0v) is 10.7. The van der Waals surface area contributed by atoms with E-state index < -0.39 is 0 Å². The van der Waals surface area contributed by atoms with E-state index in [-0.39, 0.29) is 5.60 Å². The first-order valence-corrected chi connectivity index (χ1v) is 5.94. The van der Waals surface area contributed by atoms with Crippen LogP contribution in [0.1, 0.15) is 40.0 Å². The van der Waals surface area contributed by atoms with Crippen LogP contribution in [0.2, 0.25) is 0 Å². The summed E-state index contributed by atoms with van der Waals surface area (Å²) in [4.78, 5) is 11.9. The largest absolute Gasteiger partial charge is 0.462 e. The lowest BCUT2D eigenvalue weighted by Gasteiger charge is -2.25. The summed E-state index contributed by atoms with van der Waals surface area (Å²) < 4.78 is 4.55. The number of carbonyl (C=O) groups excluding carboxylic acids is 1. The summed E-state index contributed by atoms with van der Waals surface area (Å²) >= 11 is 0. The molecule has 1 heterocycles. The number of carbonyl (C=O) groups is 1. The molecular formula is C12H25NO3. The van der Waals surface area contributed by atoms with Crippen molar-refractivity contribution in [3.8, 4) is 0 Å². The minimum Gasteiger partial charge on any atom is -0.462 e. The number of likely N-dealkylation sites (tertiary alicyclic amines) is 1. The van der Waals surface area contributed by atoms with Gasteiger partial charge >= 0.3 is 0 Å². The number of hydrogen-bond acceptors (Lipinski definition) is 4. The quantitative estimate of drug-likeness (QED) is 0.746. The van der Waals surface area contributed by atoms with Gasteiger partial charge in [0, 0.05) is 6.54 Å². The number of β-amino-alcohol motifs (C(OH)–C–C–N with tert-alkyl or cyclic N) is 1. The van der Waals surface area contributed by atoms with E-state index in [1.807, 2.05) is 20.8 Å². The van der Waals surface area contributed by atoms with Crippen molar-refractivity contribution in [2.75, 3.05) is 26.2 Å². The standard InChI is InChI=1S/C7H15NO.C5H10O2/c9-7-6-8-4-2-1-3-5-8;1-5(2,3)7-4-6/h9H,1-7H2;4H,1-3H3. The highest BCUT2D eigenvalue weighted by Gasteiger charge is 2.08. The molecule has 0 atom stereocenters. The first-order chi connectivity index (χ1) is 7.49. The molecule has 1 aliphatic rings. The summed E-state index contributed by atoms with van der Waals surface area (Å²) in [7, 11) is 0. The number of nitrogens with zero attached hydrogens (tertiary/aromatic N) is 1. The van der Waals surface area contributed by atoms with Crippen molar-refractivity contribution in [3.05, 3.63) is 0 Å². The predicted octanol–water partition coefficient (Wildman–Crippen LogP) is 1.42. The fourth-order valence-corrected chi connectivity index (χ4v) is 1.47. The molecule has 0 radical (unpaired) electrons. The highest BCUT2D eigenvalue weighted by atomic mass is 16.5. The molecule has 1 saturated heterocycles. The van der Waals surface area contributed by atoms with Crippen LogP contribution in [0.3, 0.4) is 0 Å². The van der Waals surface area contributed by atoms with E-state index in [9.17, 15) is 4.79 Å². The summed E-state index contributed by atoms with van der Waals surface area (Å²) in [6, 6.07) is 0. The maximum Gasteiger partial charge on any atom is 0.293 e. The zero-order chi connectivity index (χ0) is 12.4. The van der Waals surface area contributed by atoms with Crippen LogP contribution in [0.5, 0.6) is 0 Å². The van der Waals surface area contributed by atoms with Gasteiger partial charge in [-0.1, -0.05) is 6.42 Å². The number of aliphatic hydroxyl groups excluding tert-OH is 1. The van der Waals surface area contributed by atoms with Crippen molar-refractivity contribution < 1.29 is 14.6 Å². The molecule has 0 aromatic carbocycles. The van der Waals surface area contributed by atoms with Crippen LogP contribution in [0.25, 0.3) is 0 Å². The van der Waals surface area contributed by atoms with Crippen LogP contribution < -0.4 is 0 Å². The lowest BCUT2D eigenvalue weighted by atomic mass is 10.1. The lowest BCUT2D eigenvalue weighted by molar-refractivity contribution is -0.138. The monoisotopic (exact) mass is 231 g/mol. The Balaban J connectivity index is 0.000000293. The smallest absolute Gasteiger partial charge is 0.293 e. The molecule has 0 aromatic heterocycles. The zero-order valence-electron chi connectivity index (χ0n) is 10.7. The van der Waals surface area contributed by atoms with E-state index in [0.717, 1.165) is 6.54 Å². The fraction of sp³-hybridized carbons (Fsp3) is 0.917. The van der Waals surface area contributed by atoms with E-state index in [1.54, 1.807) is 0 Å². The van der Waals surface area contributed by atoms with Gasteiger partial charge in [0.05, 0.1) is 6.61 Å². The Hall–Kier alpha value is -0.610. The predicted molar refractivity (Wildman–Crippen MR) is 64.3 cm³/mol. The van der Waals surface area contributed by atoms with Crippen molar-refractivity contribution in [1.82, 2.24) is 4.90 Å². The third kappa shape index (κ3) is 9.93. The number of piperidine rings is 1. The SMILES string of the molecule is CC(C)(C)OC=O.OCCN1CCCCC1. The van der Waals surface area contributed by atoms with Gasteiger partial charge in [0.15, 0.2) is 0 Å². The van der Waals surface area contributed by atoms with Gasteiger partial charge in [-0.25, -0.2) is 0 Å². The normalized spacial score (nSPS) is 17.2. The van der Waals surface area contributed by atoms with Gasteiger partial charge in [-0.2, -0.15) is 0 Å². The third-order valence-electron chi connectivity index (χ3n) is 2.27. The minimum absolute atomic E-state index is 0.318. The highest BCUT2D eigenvalue weighted by molar-refractivity contribution is 5.37. The van der Waals surface area contributed by atoms with Crippen LogP contribution in [0.4, 0.5) is 0 Å². The Bertz CT molecular complexity index is 169. The van der Waals surface area contributed by atoms with Crippen LogP contribution in [0.15, 0.2) is 0 Å². The van der Waals surface area contributed by atoms with Crippen LogP contribution in [0, 0.1) is 0 Å². The molecular weight excluding hydrogens is 206 g/mol.